The Morgan fingerprint density at radius 1 is 1.05 bits per heavy atom. The van der Waals surface area contributed by atoms with Gasteiger partial charge in [-0.3, -0.25) is 4.79 Å². The van der Waals surface area contributed by atoms with Gasteiger partial charge in [0.1, 0.15) is 11.6 Å². The van der Waals surface area contributed by atoms with Crippen LogP contribution in [0.15, 0.2) is 48.0 Å². The molecule has 0 radical (unpaired) electrons. The molecule has 3 nitrogen and oxygen atoms in total. The minimum Gasteiger partial charge on any atom is -0.321 e. The van der Waals surface area contributed by atoms with Crippen molar-refractivity contribution in [2.24, 2.45) is 0 Å². The Morgan fingerprint density at radius 2 is 1.68 bits per heavy atom. The van der Waals surface area contributed by atoms with Gasteiger partial charge in [-0.25, -0.2) is 0 Å². The fourth-order valence-electron chi connectivity index (χ4n) is 2.04. The van der Waals surface area contributed by atoms with Crippen LogP contribution < -0.4 is 5.32 Å². The summed E-state index contributed by atoms with van der Waals surface area (Å²) in [5.74, 6) is -0.392. The van der Waals surface area contributed by atoms with E-state index in [2.05, 4.69) is 5.32 Å². The van der Waals surface area contributed by atoms with Crippen molar-refractivity contribution in [3.8, 4) is 6.07 Å². The van der Waals surface area contributed by atoms with Gasteiger partial charge in [0.15, 0.2) is 0 Å². The molecule has 0 saturated carbocycles. The average Bonchev–Trinajstić information content (AvgIpc) is 2.50. The van der Waals surface area contributed by atoms with E-state index in [1.54, 1.807) is 6.08 Å². The van der Waals surface area contributed by atoms with Crippen molar-refractivity contribution in [2.45, 2.75) is 20.8 Å². The molecule has 22 heavy (non-hydrogen) atoms. The zero-order chi connectivity index (χ0) is 16.1. The maximum absolute atomic E-state index is 12.3. The lowest BCUT2D eigenvalue weighted by molar-refractivity contribution is -0.112. The molecule has 2 rings (SSSR count). The molecule has 0 heterocycles. The van der Waals surface area contributed by atoms with Crippen LogP contribution in [0.3, 0.4) is 0 Å². The Bertz CT molecular complexity index is 765. The first-order valence-electron chi connectivity index (χ1n) is 7.06. The van der Waals surface area contributed by atoms with Crippen LogP contribution in [0.4, 0.5) is 5.69 Å². The van der Waals surface area contributed by atoms with Gasteiger partial charge in [-0.15, -0.1) is 0 Å². The van der Waals surface area contributed by atoms with Gasteiger partial charge in [0.05, 0.1) is 0 Å². The molecule has 0 aliphatic carbocycles. The summed E-state index contributed by atoms with van der Waals surface area (Å²) in [5.41, 5.74) is 4.81. The summed E-state index contributed by atoms with van der Waals surface area (Å²) in [4.78, 5) is 12.3. The van der Waals surface area contributed by atoms with Crippen LogP contribution in [0.25, 0.3) is 6.08 Å². The van der Waals surface area contributed by atoms with E-state index in [4.69, 9.17) is 0 Å². The summed E-state index contributed by atoms with van der Waals surface area (Å²) in [6.45, 7) is 5.87. The zero-order valence-corrected chi connectivity index (χ0v) is 13.0. The third-order valence-electron chi connectivity index (χ3n) is 3.39. The van der Waals surface area contributed by atoms with Gasteiger partial charge < -0.3 is 5.32 Å². The topological polar surface area (TPSA) is 52.9 Å². The van der Waals surface area contributed by atoms with E-state index in [0.29, 0.717) is 0 Å². The lowest BCUT2D eigenvalue weighted by Crippen LogP contribution is -2.14. The maximum Gasteiger partial charge on any atom is 0.266 e. The Morgan fingerprint density at radius 3 is 2.32 bits per heavy atom. The van der Waals surface area contributed by atoms with Crippen molar-refractivity contribution >= 4 is 17.7 Å². The van der Waals surface area contributed by atoms with E-state index in [1.165, 1.54) is 0 Å². The van der Waals surface area contributed by atoms with Crippen LogP contribution in [0.5, 0.6) is 0 Å². The molecule has 2 aromatic carbocycles. The van der Waals surface area contributed by atoms with Crippen molar-refractivity contribution in [2.75, 3.05) is 5.32 Å². The normalized spacial score (nSPS) is 10.9. The maximum atomic E-state index is 12.3. The largest absolute Gasteiger partial charge is 0.321 e. The second kappa shape index (κ2) is 6.73. The summed E-state index contributed by atoms with van der Waals surface area (Å²) in [7, 11) is 0. The molecule has 0 aliphatic rings. The molecule has 0 atom stereocenters. The van der Waals surface area contributed by atoms with Gasteiger partial charge in [0.25, 0.3) is 5.91 Å². The third-order valence-corrected chi connectivity index (χ3v) is 3.39. The number of rotatable bonds is 3. The molecule has 0 unspecified atom stereocenters. The van der Waals surface area contributed by atoms with E-state index in [-0.39, 0.29) is 5.57 Å². The van der Waals surface area contributed by atoms with Crippen molar-refractivity contribution in [1.82, 2.24) is 0 Å². The third kappa shape index (κ3) is 3.83. The second-order valence-corrected chi connectivity index (χ2v) is 5.35. The summed E-state index contributed by atoms with van der Waals surface area (Å²) in [6.07, 6.45) is 1.60. The quantitative estimate of drug-likeness (QED) is 0.681. The fraction of sp³-hybridized carbons (Fsp3) is 0.158. The lowest BCUT2D eigenvalue weighted by Gasteiger charge is -2.08. The minimum absolute atomic E-state index is 0.0877. The van der Waals surface area contributed by atoms with Crippen LogP contribution in [0.2, 0.25) is 0 Å². The molecule has 1 amide bonds. The first-order chi connectivity index (χ1) is 10.5. The average molecular weight is 290 g/mol. The molecule has 0 aromatic heterocycles. The molecule has 0 bridgehead atoms. The highest BCUT2D eigenvalue weighted by Gasteiger charge is 2.11. The number of carbonyl (C=O) groups is 1. The number of hydrogen-bond donors (Lipinski definition) is 1. The lowest BCUT2D eigenvalue weighted by atomic mass is 10.1. The number of aryl methyl sites for hydroxylation is 3. The van der Waals surface area contributed by atoms with Crippen LogP contribution in [0.1, 0.15) is 22.3 Å². The van der Waals surface area contributed by atoms with Gasteiger partial charge in [-0.2, -0.15) is 5.26 Å². The first-order valence-corrected chi connectivity index (χ1v) is 7.06. The zero-order valence-electron chi connectivity index (χ0n) is 13.0. The highest BCUT2D eigenvalue weighted by atomic mass is 16.1. The SMILES string of the molecule is Cc1ccc(/C=C(\C#N)C(=O)Nc2cc(C)ccc2C)cc1. The van der Waals surface area contributed by atoms with Gasteiger partial charge in [0, 0.05) is 5.69 Å². The summed E-state index contributed by atoms with van der Waals surface area (Å²) in [5, 5.41) is 12.0. The number of carbonyl (C=O) groups excluding carboxylic acids is 1. The van der Waals surface area contributed by atoms with Crippen molar-refractivity contribution in [3.05, 3.63) is 70.3 Å². The predicted molar refractivity (Wildman–Crippen MR) is 89.3 cm³/mol. The smallest absolute Gasteiger partial charge is 0.266 e. The minimum atomic E-state index is -0.392. The molecular weight excluding hydrogens is 272 g/mol. The van der Waals surface area contributed by atoms with E-state index in [9.17, 15) is 10.1 Å². The van der Waals surface area contributed by atoms with Crippen molar-refractivity contribution < 1.29 is 4.79 Å². The van der Waals surface area contributed by atoms with Crippen LogP contribution in [-0.2, 0) is 4.79 Å². The van der Waals surface area contributed by atoms with Crippen molar-refractivity contribution in [3.63, 3.8) is 0 Å². The Balaban J connectivity index is 2.24. The van der Waals surface area contributed by atoms with Crippen LogP contribution in [-0.4, -0.2) is 5.91 Å². The number of anilines is 1. The Labute approximate surface area is 130 Å². The number of benzene rings is 2. The van der Waals surface area contributed by atoms with E-state index in [1.807, 2.05) is 69.3 Å². The van der Waals surface area contributed by atoms with E-state index < -0.39 is 5.91 Å². The van der Waals surface area contributed by atoms with Crippen molar-refractivity contribution in [1.29, 1.82) is 5.26 Å². The molecule has 0 saturated heterocycles. The van der Waals surface area contributed by atoms with Gasteiger partial charge in [-0.05, 0) is 49.6 Å². The number of hydrogen-bond acceptors (Lipinski definition) is 2. The summed E-state index contributed by atoms with van der Waals surface area (Å²) >= 11 is 0. The number of amides is 1. The predicted octanol–water partition coefficient (Wildman–Crippen LogP) is 4.16. The number of nitrogens with one attached hydrogen (secondary N) is 1. The standard InChI is InChI=1S/C19H18N2O/c1-13-5-8-16(9-6-13)11-17(12-20)19(22)21-18-10-14(2)4-7-15(18)3/h4-11H,1-3H3,(H,21,22)/b17-11+. The number of nitriles is 1. The summed E-state index contributed by atoms with van der Waals surface area (Å²) in [6, 6.07) is 15.5. The monoisotopic (exact) mass is 290 g/mol. The molecule has 2 aromatic rings. The van der Waals surface area contributed by atoms with Gasteiger partial charge >= 0.3 is 0 Å². The molecule has 0 aliphatic heterocycles. The fourth-order valence-corrected chi connectivity index (χ4v) is 2.04. The highest BCUT2D eigenvalue weighted by Crippen LogP contribution is 2.18. The van der Waals surface area contributed by atoms with Crippen LogP contribution in [0, 0.1) is 32.1 Å². The molecule has 0 spiro atoms. The van der Waals surface area contributed by atoms with Crippen LogP contribution >= 0.6 is 0 Å². The molecule has 110 valence electrons. The Kier molecular flexibility index (Phi) is 4.75. The second-order valence-electron chi connectivity index (χ2n) is 5.35. The molecule has 0 fully saturated rings. The highest BCUT2D eigenvalue weighted by molar-refractivity contribution is 6.10. The van der Waals surface area contributed by atoms with E-state index in [0.717, 1.165) is 27.9 Å². The first kappa shape index (κ1) is 15.5. The number of nitrogens with zero attached hydrogens (tertiary/aromatic N) is 1. The molecular formula is C19H18N2O. The van der Waals surface area contributed by atoms with Gasteiger partial charge in [0.2, 0.25) is 0 Å². The summed E-state index contributed by atoms with van der Waals surface area (Å²) < 4.78 is 0. The molecule has 3 heteroatoms. The van der Waals surface area contributed by atoms with E-state index >= 15 is 0 Å². The molecule has 1 N–H and O–H groups in total. The van der Waals surface area contributed by atoms with Gasteiger partial charge in [-0.1, -0.05) is 42.0 Å². The Hall–Kier alpha value is -2.86.